The lowest BCUT2D eigenvalue weighted by molar-refractivity contribution is 0.0740. The van der Waals surface area contributed by atoms with Crippen LogP contribution in [0, 0.1) is 11.8 Å². The maximum absolute atomic E-state index is 12.7. The largest absolute Gasteiger partial charge is 0.336 e. The fraction of sp³-hybridized carbons (Fsp3) is 0.500. The van der Waals surface area contributed by atoms with Gasteiger partial charge in [-0.2, -0.15) is 0 Å². The molecule has 4 heteroatoms. The van der Waals surface area contributed by atoms with Gasteiger partial charge in [0, 0.05) is 25.0 Å². The summed E-state index contributed by atoms with van der Waals surface area (Å²) in [5.74, 6) is 5.81. The van der Waals surface area contributed by atoms with Crippen molar-refractivity contribution in [1.82, 2.24) is 9.88 Å². The Morgan fingerprint density at radius 3 is 3.00 bits per heavy atom. The summed E-state index contributed by atoms with van der Waals surface area (Å²) in [7, 11) is 0. The van der Waals surface area contributed by atoms with Crippen molar-refractivity contribution in [2.75, 3.05) is 13.1 Å². The predicted octanol–water partition coefficient (Wildman–Crippen LogP) is 1.80. The number of hydrogen-bond donors (Lipinski definition) is 1. The summed E-state index contributed by atoms with van der Waals surface area (Å²) < 4.78 is 0. The number of carbonyl (C=O) groups is 1. The number of nitrogens with two attached hydrogens (primary N) is 1. The topological polar surface area (TPSA) is 59.2 Å². The quantitative estimate of drug-likeness (QED) is 0.831. The van der Waals surface area contributed by atoms with Crippen LogP contribution in [0.25, 0.3) is 0 Å². The lowest BCUT2D eigenvalue weighted by Gasteiger charge is -2.22. The molecular formula is C16H21N3O. The summed E-state index contributed by atoms with van der Waals surface area (Å²) >= 11 is 0. The molecule has 1 aromatic rings. The minimum Gasteiger partial charge on any atom is -0.336 e. The van der Waals surface area contributed by atoms with Crippen molar-refractivity contribution < 1.29 is 4.79 Å². The van der Waals surface area contributed by atoms with Crippen molar-refractivity contribution in [3.63, 3.8) is 0 Å². The van der Waals surface area contributed by atoms with Gasteiger partial charge in [-0.25, -0.2) is 0 Å². The molecule has 0 unspecified atom stereocenters. The van der Waals surface area contributed by atoms with E-state index >= 15 is 0 Å². The van der Waals surface area contributed by atoms with Crippen molar-refractivity contribution in [3.05, 3.63) is 29.6 Å². The first-order chi connectivity index (χ1) is 9.77. The van der Waals surface area contributed by atoms with E-state index in [4.69, 9.17) is 5.73 Å². The third-order valence-corrected chi connectivity index (χ3v) is 3.38. The van der Waals surface area contributed by atoms with Crippen LogP contribution in [0.5, 0.6) is 0 Å². The third-order valence-electron chi connectivity index (χ3n) is 3.38. The highest BCUT2D eigenvalue weighted by Crippen LogP contribution is 2.29. The Balaban J connectivity index is 2.22. The molecule has 0 aromatic carbocycles. The van der Waals surface area contributed by atoms with Gasteiger partial charge in [-0.15, -0.1) is 0 Å². The van der Waals surface area contributed by atoms with E-state index in [1.54, 1.807) is 18.5 Å². The molecule has 0 bridgehead atoms. The molecule has 2 N–H and O–H groups in total. The molecule has 2 rings (SSSR count). The lowest BCUT2D eigenvalue weighted by Crippen LogP contribution is -2.34. The average Bonchev–Trinajstić information content (AvgIpc) is 3.30. The fourth-order valence-corrected chi connectivity index (χ4v) is 2.15. The summed E-state index contributed by atoms with van der Waals surface area (Å²) in [4.78, 5) is 18.8. The van der Waals surface area contributed by atoms with Crippen LogP contribution in [0.2, 0.25) is 0 Å². The van der Waals surface area contributed by atoms with Crippen LogP contribution in [0.15, 0.2) is 18.5 Å². The van der Waals surface area contributed by atoms with Gasteiger partial charge in [0.15, 0.2) is 0 Å². The second kappa shape index (κ2) is 7.06. The van der Waals surface area contributed by atoms with Crippen LogP contribution in [-0.4, -0.2) is 34.9 Å². The van der Waals surface area contributed by atoms with Crippen molar-refractivity contribution in [3.8, 4) is 11.8 Å². The molecule has 1 aromatic heterocycles. The highest BCUT2D eigenvalue weighted by Gasteiger charge is 2.33. The highest BCUT2D eigenvalue weighted by molar-refractivity contribution is 5.97. The van der Waals surface area contributed by atoms with Crippen LogP contribution in [0.4, 0.5) is 0 Å². The molecule has 20 heavy (non-hydrogen) atoms. The molecule has 0 saturated heterocycles. The Labute approximate surface area is 120 Å². The molecule has 1 fully saturated rings. The Kier molecular flexibility index (Phi) is 5.14. The SMILES string of the molecule is CCCCN(C(=O)c1ccncc1C#CCN)C1CC1. The summed E-state index contributed by atoms with van der Waals surface area (Å²) in [6, 6.07) is 2.17. The van der Waals surface area contributed by atoms with Gasteiger partial charge < -0.3 is 10.6 Å². The number of unbranched alkanes of at least 4 members (excludes halogenated alkanes) is 1. The number of nitrogens with zero attached hydrogens (tertiary/aromatic N) is 2. The molecule has 1 aliphatic carbocycles. The zero-order chi connectivity index (χ0) is 14.4. The lowest BCUT2D eigenvalue weighted by atomic mass is 10.1. The fourth-order valence-electron chi connectivity index (χ4n) is 2.15. The van der Waals surface area contributed by atoms with Gasteiger partial charge in [-0.1, -0.05) is 25.2 Å². The third kappa shape index (κ3) is 3.58. The molecule has 1 heterocycles. The van der Waals surface area contributed by atoms with Gasteiger partial charge >= 0.3 is 0 Å². The van der Waals surface area contributed by atoms with Gasteiger partial charge in [-0.3, -0.25) is 9.78 Å². The van der Waals surface area contributed by atoms with Gasteiger partial charge in [0.25, 0.3) is 5.91 Å². The van der Waals surface area contributed by atoms with Crippen molar-refractivity contribution in [2.45, 2.75) is 38.6 Å². The Morgan fingerprint density at radius 2 is 2.35 bits per heavy atom. The van der Waals surface area contributed by atoms with E-state index in [9.17, 15) is 4.79 Å². The number of rotatable bonds is 5. The summed E-state index contributed by atoms with van der Waals surface area (Å²) in [5, 5.41) is 0. The average molecular weight is 271 g/mol. The van der Waals surface area contributed by atoms with Crippen LogP contribution >= 0.6 is 0 Å². The number of carbonyl (C=O) groups excluding carboxylic acids is 1. The van der Waals surface area contributed by atoms with Crippen LogP contribution in [0.3, 0.4) is 0 Å². The Hall–Kier alpha value is -1.86. The minimum absolute atomic E-state index is 0.0738. The predicted molar refractivity (Wildman–Crippen MR) is 79.1 cm³/mol. The van der Waals surface area contributed by atoms with E-state index in [2.05, 4.69) is 23.7 Å². The summed E-state index contributed by atoms with van der Waals surface area (Å²) in [6.07, 6.45) is 7.64. The molecule has 4 nitrogen and oxygen atoms in total. The monoisotopic (exact) mass is 271 g/mol. The minimum atomic E-state index is 0.0738. The number of hydrogen-bond acceptors (Lipinski definition) is 3. The molecular weight excluding hydrogens is 250 g/mol. The first-order valence-corrected chi connectivity index (χ1v) is 7.21. The normalized spacial score (nSPS) is 13.5. The van der Waals surface area contributed by atoms with Crippen LogP contribution in [-0.2, 0) is 0 Å². The Morgan fingerprint density at radius 1 is 1.55 bits per heavy atom. The van der Waals surface area contributed by atoms with E-state index in [0.29, 0.717) is 17.2 Å². The van der Waals surface area contributed by atoms with Gasteiger partial charge in [0.05, 0.1) is 17.7 Å². The van der Waals surface area contributed by atoms with Gasteiger partial charge in [-0.05, 0) is 25.3 Å². The second-order valence-electron chi connectivity index (χ2n) is 5.01. The number of amides is 1. The van der Waals surface area contributed by atoms with Crippen molar-refractivity contribution in [2.24, 2.45) is 5.73 Å². The molecule has 0 radical (unpaired) electrons. The van der Waals surface area contributed by atoms with E-state index in [-0.39, 0.29) is 12.5 Å². The van der Waals surface area contributed by atoms with Crippen molar-refractivity contribution >= 4 is 5.91 Å². The van der Waals surface area contributed by atoms with E-state index in [0.717, 1.165) is 32.2 Å². The molecule has 0 aliphatic heterocycles. The summed E-state index contributed by atoms with van der Waals surface area (Å²) in [6.45, 7) is 3.25. The number of aromatic nitrogens is 1. The molecule has 106 valence electrons. The van der Waals surface area contributed by atoms with Crippen LogP contribution in [0.1, 0.15) is 48.5 Å². The van der Waals surface area contributed by atoms with Crippen LogP contribution < -0.4 is 5.73 Å². The molecule has 0 spiro atoms. The van der Waals surface area contributed by atoms with Gasteiger partial charge in [0.1, 0.15) is 0 Å². The first-order valence-electron chi connectivity index (χ1n) is 7.21. The van der Waals surface area contributed by atoms with E-state index in [1.807, 2.05) is 4.90 Å². The zero-order valence-electron chi connectivity index (χ0n) is 11.9. The second-order valence-corrected chi connectivity index (χ2v) is 5.01. The molecule has 1 aliphatic rings. The number of pyridine rings is 1. The Bertz CT molecular complexity index is 526. The van der Waals surface area contributed by atoms with Crippen molar-refractivity contribution in [1.29, 1.82) is 0 Å². The molecule has 1 amide bonds. The summed E-state index contributed by atoms with van der Waals surface area (Å²) in [5.41, 5.74) is 6.71. The first kappa shape index (κ1) is 14.5. The zero-order valence-corrected chi connectivity index (χ0v) is 11.9. The molecule has 1 saturated carbocycles. The van der Waals surface area contributed by atoms with E-state index < -0.39 is 0 Å². The van der Waals surface area contributed by atoms with E-state index in [1.165, 1.54) is 0 Å². The highest BCUT2D eigenvalue weighted by atomic mass is 16.2. The maximum Gasteiger partial charge on any atom is 0.255 e. The van der Waals surface area contributed by atoms with Gasteiger partial charge in [0.2, 0.25) is 0 Å². The molecule has 0 atom stereocenters. The smallest absolute Gasteiger partial charge is 0.255 e. The maximum atomic E-state index is 12.7. The standard InChI is InChI=1S/C16H21N3O/c1-2-3-11-19(14-6-7-14)16(20)15-8-10-18-12-13(15)5-4-9-17/h8,10,12,14H,2-3,6-7,9,11,17H2,1H3.